The SMILES string of the molecule is O=C(c1cccc([N+](=O)[O-])c1)N(Cc1ccc(Br)cc1)N1C(=O)[C@H]2CC=CC[C@H]2C1=O. The molecule has 0 aromatic heterocycles. The molecule has 1 fully saturated rings. The highest BCUT2D eigenvalue weighted by atomic mass is 79.9. The quantitative estimate of drug-likeness (QED) is 0.278. The van der Waals surface area contributed by atoms with Gasteiger partial charge in [-0.15, -0.1) is 0 Å². The van der Waals surface area contributed by atoms with Crippen LogP contribution in [0, 0.1) is 22.0 Å². The second-order valence-electron chi connectivity index (χ2n) is 7.44. The molecular weight excluding hydrogens is 466 g/mol. The number of halogens is 1. The molecular formula is C22H18BrN3O5. The van der Waals surface area contributed by atoms with Gasteiger partial charge in [0, 0.05) is 22.2 Å². The van der Waals surface area contributed by atoms with Gasteiger partial charge in [-0.2, -0.15) is 5.01 Å². The Bertz CT molecular complexity index is 1070. The highest BCUT2D eigenvalue weighted by Gasteiger charge is 2.50. The standard InChI is InChI=1S/C22H18BrN3O5/c23-16-10-8-14(9-11-16)13-24(20(27)15-4-3-5-17(12-15)26(30)31)25-21(28)18-6-1-2-7-19(18)22(25)29/h1-5,8-12,18-19H,6-7,13H2/t18-,19+. The van der Waals surface area contributed by atoms with Crippen molar-refractivity contribution in [1.29, 1.82) is 0 Å². The van der Waals surface area contributed by atoms with Crippen LogP contribution in [0.1, 0.15) is 28.8 Å². The zero-order valence-corrected chi connectivity index (χ0v) is 17.9. The summed E-state index contributed by atoms with van der Waals surface area (Å²) in [6, 6.07) is 12.4. The van der Waals surface area contributed by atoms with Crippen molar-refractivity contribution in [3.05, 3.63) is 86.4 Å². The van der Waals surface area contributed by atoms with Crippen LogP contribution in [0.4, 0.5) is 5.69 Å². The van der Waals surface area contributed by atoms with E-state index in [9.17, 15) is 24.5 Å². The molecule has 1 heterocycles. The first-order chi connectivity index (χ1) is 14.9. The van der Waals surface area contributed by atoms with E-state index in [-0.39, 0.29) is 17.8 Å². The number of amides is 3. The summed E-state index contributed by atoms with van der Waals surface area (Å²) < 4.78 is 0.846. The van der Waals surface area contributed by atoms with Gasteiger partial charge >= 0.3 is 0 Å². The Morgan fingerprint density at radius 1 is 1.06 bits per heavy atom. The maximum absolute atomic E-state index is 13.4. The van der Waals surface area contributed by atoms with Gasteiger partial charge in [0.1, 0.15) is 0 Å². The van der Waals surface area contributed by atoms with Gasteiger partial charge in [0.05, 0.1) is 23.3 Å². The molecule has 3 amide bonds. The van der Waals surface area contributed by atoms with Gasteiger partial charge in [-0.05, 0) is 36.6 Å². The molecule has 0 bridgehead atoms. The number of hydrogen-bond donors (Lipinski definition) is 0. The van der Waals surface area contributed by atoms with Crippen LogP contribution in [-0.2, 0) is 16.1 Å². The van der Waals surface area contributed by atoms with Gasteiger partial charge in [0.2, 0.25) is 0 Å². The summed E-state index contributed by atoms with van der Waals surface area (Å²) in [7, 11) is 0. The largest absolute Gasteiger partial charge is 0.273 e. The molecule has 8 nitrogen and oxygen atoms in total. The topological polar surface area (TPSA) is 101 Å². The minimum Gasteiger partial charge on any atom is -0.272 e. The minimum absolute atomic E-state index is 0.0277. The highest BCUT2D eigenvalue weighted by molar-refractivity contribution is 9.10. The summed E-state index contributed by atoms with van der Waals surface area (Å²) in [6.07, 6.45) is 4.64. The summed E-state index contributed by atoms with van der Waals surface area (Å²) in [6.45, 7) is -0.0286. The third kappa shape index (κ3) is 4.00. The Labute approximate surface area is 186 Å². The molecule has 0 saturated carbocycles. The Hall–Kier alpha value is -3.33. The van der Waals surface area contributed by atoms with Crippen LogP contribution in [0.25, 0.3) is 0 Å². The number of imide groups is 1. The van der Waals surface area contributed by atoms with Gasteiger partial charge in [-0.25, -0.2) is 5.01 Å². The van der Waals surface area contributed by atoms with E-state index in [0.29, 0.717) is 18.4 Å². The van der Waals surface area contributed by atoms with Crippen molar-refractivity contribution in [1.82, 2.24) is 10.0 Å². The van der Waals surface area contributed by atoms with Crippen LogP contribution in [0.2, 0.25) is 0 Å². The van der Waals surface area contributed by atoms with Crippen molar-refractivity contribution in [2.24, 2.45) is 11.8 Å². The number of hydrazine groups is 1. The molecule has 2 aromatic rings. The number of non-ortho nitro benzene ring substituents is 1. The fourth-order valence-corrected chi connectivity index (χ4v) is 4.18. The van der Waals surface area contributed by atoms with Gasteiger partial charge in [-0.3, -0.25) is 24.5 Å². The van der Waals surface area contributed by atoms with E-state index in [4.69, 9.17) is 0 Å². The second-order valence-corrected chi connectivity index (χ2v) is 8.36. The fraction of sp³-hybridized carbons (Fsp3) is 0.227. The summed E-state index contributed by atoms with van der Waals surface area (Å²) in [4.78, 5) is 50.2. The Morgan fingerprint density at radius 2 is 1.68 bits per heavy atom. The zero-order chi connectivity index (χ0) is 22.1. The normalized spacial score (nSPS) is 20.0. The van der Waals surface area contributed by atoms with Crippen molar-refractivity contribution in [3.8, 4) is 0 Å². The van der Waals surface area contributed by atoms with E-state index in [0.717, 1.165) is 20.6 Å². The van der Waals surface area contributed by atoms with Gasteiger partial charge in [-0.1, -0.05) is 46.3 Å². The number of benzene rings is 2. The van der Waals surface area contributed by atoms with Gasteiger partial charge < -0.3 is 0 Å². The summed E-state index contributed by atoms with van der Waals surface area (Å²) in [5.41, 5.74) is 0.488. The van der Waals surface area contributed by atoms with Crippen LogP contribution in [0.5, 0.6) is 0 Å². The molecule has 0 N–H and O–H groups in total. The predicted octanol–water partition coefficient (Wildman–Crippen LogP) is 3.87. The number of nitrogens with zero attached hydrogens (tertiary/aromatic N) is 3. The molecule has 0 unspecified atom stereocenters. The molecule has 2 aromatic carbocycles. The smallest absolute Gasteiger partial charge is 0.272 e. The molecule has 31 heavy (non-hydrogen) atoms. The summed E-state index contributed by atoms with van der Waals surface area (Å²) >= 11 is 3.36. The Kier molecular flexibility index (Phi) is 5.69. The molecule has 2 atom stereocenters. The van der Waals surface area contributed by atoms with E-state index in [1.54, 1.807) is 24.3 Å². The molecule has 1 saturated heterocycles. The number of nitro groups is 1. The van der Waals surface area contributed by atoms with Crippen LogP contribution < -0.4 is 0 Å². The first-order valence-corrected chi connectivity index (χ1v) is 10.5. The third-order valence-corrected chi connectivity index (χ3v) is 6.04. The number of nitro benzene ring substituents is 1. The average molecular weight is 484 g/mol. The van der Waals surface area contributed by atoms with Crippen molar-refractivity contribution >= 4 is 39.3 Å². The lowest BCUT2D eigenvalue weighted by Gasteiger charge is -2.30. The number of rotatable bonds is 5. The average Bonchev–Trinajstić information content (AvgIpc) is 3.03. The van der Waals surface area contributed by atoms with Gasteiger partial charge in [0.25, 0.3) is 23.4 Å². The van der Waals surface area contributed by atoms with Crippen molar-refractivity contribution in [3.63, 3.8) is 0 Å². The number of allylic oxidation sites excluding steroid dienone is 2. The number of hydrogen-bond acceptors (Lipinski definition) is 5. The van der Waals surface area contributed by atoms with Crippen molar-refractivity contribution < 1.29 is 19.3 Å². The van der Waals surface area contributed by atoms with E-state index < -0.39 is 34.5 Å². The van der Waals surface area contributed by atoms with E-state index >= 15 is 0 Å². The monoisotopic (exact) mass is 483 g/mol. The molecule has 0 radical (unpaired) electrons. The van der Waals surface area contributed by atoms with Crippen LogP contribution in [0.3, 0.4) is 0 Å². The molecule has 1 aliphatic heterocycles. The third-order valence-electron chi connectivity index (χ3n) is 5.51. The first-order valence-electron chi connectivity index (χ1n) is 9.70. The predicted molar refractivity (Wildman–Crippen MR) is 114 cm³/mol. The lowest BCUT2D eigenvalue weighted by Crippen LogP contribution is -2.49. The summed E-state index contributed by atoms with van der Waals surface area (Å²) in [5.74, 6) is -2.49. The highest BCUT2D eigenvalue weighted by Crippen LogP contribution is 2.36. The lowest BCUT2D eigenvalue weighted by molar-refractivity contribution is -0.384. The first kappa shape index (κ1) is 20.9. The molecule has 158 valence electrons. The molecule has 2 aliphatic rings. The zero-order valence-electron chi connectivity index (χ0n) is 16.3. The maximum Gasteiger partial charge on any atom is 0.273 e. The van der Waals surface area contributed by atoms with Crippen molar-refractivity contribution in [2.75, 3.05) is 0 Å². The molecule has 9 heteroatoms. The second kappa shape index (κ2) is 8.43. The lowest BCUT2D eigenvalue weighted by atomic mass is 9.85. The minimum atomic E-state index is -0.653. The molecule has 1 aliphatic carbocycles. The fourth-order valence-electron chi connectivity index (χ4n) is 3.92. The van der Waals surface area contributed by atoms with Gasteiger partial charge in [0.15, 0.2) is 0 Å². The molecule has 0 spiro atoms. The number of carbonyl (C=O) groups is 3. The van der Waals surface area contributed by atoms with Crippen LogP contribution in [-0.4, -0.2) is 32.7 Å². The molecule has 4 rings (SSSR count). The van der Waals surface area contributed by atoms with E-state index in [1.807, 2.05) is 12.2 Å². The number of carbonyl (C=O) groups excluding carboxylic acids is 3. The van der Waals surface area contributed by atoms with Crippen LogP contribution in [0.15, 0.2) is 65.2 Å². The van der Waals surface area contributed by atoms with Crippen molar-refractivity contribution in [2.45, 2.75) is 19.4 Å². The number of fused-ring (bicyclic) bond motifs is 1. The Morgan fingerprint density at radius 3 is 2.26 bits per heavy atom. The van der Waals surface area contributed by atoms with Crippen LogP contribution >= 0.6 is 15.9 Å². The maximum atomic E-state index is 13.4. The summed E-state index contributed by atoms with van der Waals surface area (Å²) in [5, 5.41) is 13.2. The van der Waals surface area contributed by atoms with E-state index in [1.165, 1.54) is 18.2 Å². The Balaban J connectivity index is 1.72. The van der Waals surface area contributed by atoms with E-state index in [2.05, 4.69) is 15.9 Å².